The Balaban J connectivity index is 2.35. The number of aryl methyl sites for hydroxylation is 2. The molecule has 0 aliphatic heterocycles. The Hall–Kier alpha value is -1.94. The number of nitrogens with zero attached hydrogens (tertiary/aromatic N) is 3. The summed E-state index contributed by atoms with van der Waals surface area (Å²) in [6.45, 7) is 2.60. The molecule has 0 fully saturated rings. The van der Waals surface area contributed by atoms with E-state index in [9.17, 15) is 21.6 Å². The standard InChI is InChI=1S/C13H14F3N3O3S/c1-8-4-5-10(6-11(8)13(14,15)16)23(20,21)19(3)7-12-17-9(2)22-18-12/h4-6H,7H2,1-3H3. The van der Waals surface area contributed by atoms with Gasteiger partial charge in [0, 0.05) is 14.0 Å². The van der Waals surface area contributed by atoms with Crippen LogP contribution in [0.5, 0.6) is 0 Å². The van der Waals surface area contributed by atoms with Gasteiger partial charge in [0.25, 0.3) is 0 Å². The van der Waals surface area contributed by atoms with E-state index >= 15 is 0 Å². The third-order valence-corrected chi connectivity index (χ3v) is 4.96. The molecule has 0 unspecified atom stereocenters. The summed E-state index contributed by atoms with van der Waals surface area (Å²) in [6.07, 6.45) is -4.63. The van der Waals surface area contributed by atoms with Crippen LogP contribution in [0.3, 0.4) is 0 Å². The maximum Gasteiger partial charge on any atom is 0.416 e. The van der Waals surface area contributed by atoms with Crippen molar-refractivity contribution >= 4 is 10.0 Å². The first-order valence-electron chi connectivity index (χ1n) is 6.45. The molecule has 0 bridgehead atoms. The maximum absolute atomic E-state index is 12.9. The topological polar surface area (TPSA) is 76.3 Å². The van der Waals surface area contributed by atoms with E-state index in [0.717, 1.165) is 16.4 Å². The normalized spacial score (nSPS) is 12.8. The van der Waals surface area contributed by atoms with Crippen molar-refractivity contribution in [2.75, 3.05) is 7.05 Å². The summed E-state index contributed by atoms with van der Waals surface area (Å²) in [5.74, 6) is 0.386. The molecule has 6 nitrogen and oxygen atoms in total. The van der Waals surface area contributed by atoms with Crippen molar-refractivity contribution in [1.82, 2.24) is 14.4 Å². The van der Waals surface area contributed by atoms with Gasteiger partial charge < -0.3 is 4.52 Å². The molecule has 1 heterocycles. The van der Waals surface area contributed by atoms with Gasteiger partial charge >= 0.3 is 6.18 Å². The first kappa shape index (κ1) is 17.4. The van der Waals surface area contributed by atoms with Crippen molar-refractivity contribution in [1.29, 1.82) is 0 Å². The molecule has 23 heavy (non-hydrogen) atoms. The van der Waals surface area contributed by atoms with Gasteiger partial charge in [0.05, 0.1) is 17.0 Å². The number of hydrogen-bond donors (Lipinski definition) is 0. The third kappa shape index (κ3) is 3.70. The molecule has 0 aliphatic carbocycles. The van der Waals surface area contributed by atoms with Gasteiger partial charge in [-0.25, -0.2) is 8.42 Å². The Morgan fingerprint density at radius 2 is 1.91 bits per heavy atom. The van der Waals surface area contributed by atoms with Crippen LogP contribution in [-0.2, 0) is 22.7 Å². The minimum atomic E-state index is -4.63. The highest BCUT2D eigenvalue weighted by atomic mass is 32.2. The van der Waals surface area contributed by atoms with E-state index in [1.807, 2.05) is 0 Å². The highest BCUT2D eigenvalue weighted by molar-refractivity contribution is 7.89. The molecular formula is C13H14F3N3O3S. The zero-order valence-corrected chi connectivity index (χ0v) is 13.4. The lowest BCUT2D eigenvalue weighted by atomic mass is 10.1. The van der Waals surface area contributed by atoms with Crippen molar-refractivity contribution < 1.29 is 26.1 Å². The van der Waals surface area contributed by atoms with Crippen molar-refractivity contribution in [3.05, 3.63) is 41.0 Å². The summed E-state index contributed by atoms with van der Waals surface area (Å²) in [5.41, 5.74) is -1.03. The highest BCUT2D eigenvalue weighted by Gasteiger charge is 2.34. The third-order valence-electron chi connectivity index (χ3n) is 3.16. The molecular weight excluding hydrogens is 335 g/mol. The first-order chi connectivity index (χ1) is 10.5. The molecule has 0 saturated carbocycles. The monoisotopic (exact) mass is 349 g/mol. The average Bonchev–Trinajstić information content (AvgIpc) is 2.83. The van der Waals surface area contributed by atoms with E-state index in [2.05, 4.69) is 10.1 Å². The molecule has 1 aromatic carbocycles. The van der Waals surface area contributed by atoms with Crippen LogP contribution in [-0.4, -0.2) is 29.9 Å². The van der Waals surface area contributed by atoms with Gasteiger partial charge in [-0.05, 0) is 24.6 Å². The Bertz CT molecular complexity index is 815. The smallest absolute Gasteiger partial charge is 0.340 e. The zero-order chi connectivity index (χ0) is 17.4. The van der Waals surface area contributed by atoms with Gasteiger partial charge in [-0.2, -0.15) is 22.5 Å². The lowest BCUT2D eigenvalue weighted by Gasteiger charge is -2.17. The van der Waals surface area contributed by atoms with Crippen LogP contribution in [0.15, 0.2) is 27.6 Å². The Morgan fingerprint density at radius 1 is 1.26 bits per heavy atom. The van der Waals surface area contributed by atoms with Crippen molar-refractivity contribution in [3.63, 3.8) is 0 Å². The van der Waals surface area contributed by atoms with Gasteiger partial charge in [-0.15, -0.1) is 0 Å². The molecule has 0 radical (unpaired) electrons. The quantitative estimate of drug-likeness (QED) is 0.848. The number of alkyl halides is 3. The Labute approximate surface area is 131 Å². The van der Waals surface area contributed by atoms with Crippen LogP contribution < -0.4 is 0 Å². The van der Waals surface area contributed by atoms with E-state index in [-0.39, 0.29) is 23.8 Å². The Kier molecular flexibility index (Phi) is 4.49. The second-order valence-corrected chi connectivity index (χ2v) is 7.01. The van der Waals surface area contributed by atoms with Crippen LogP contribution >= 0.6 is 0 Å². The minimum Gasteiger partial charge on any atom is -0.340 e. The molecule has 2 aromatic rings. The fraction of sp³-hybridized carbons (Fsp3) is 0.385. The van der Waals surface area contributed by atoms with E-state index < -0.39 is 26.7 Å². The molecule has 0 amide bonds. The fourth-order valence-electron chi connectivity index (χ4n) is 1.94. The second kappa shape index (κ2) is 5.93. The van der Waals surface area contributed by atoms with Gasteiger partial charge in [-0.3, -0.25) is 0 Å². The molecule has 2 rings (SSSR count). The Morgan fingerprint density at radius 3 is 2.43 bits per heavy atom. The molecule has 1 aromatic heterocycles. The van der Waals surface area contributed by atoms with Crippen molar-refractivity contribution in [2.24, 2.45) is 0 Å². The molecule has 10 heteroatoms. The minimum absolute atomic E-state index is 0.0482. The van der Waals surface area contributed by atoms with E-state index in [1.165, 1.54) is 14.0 Å². The predicted octanol–water partition coefficient (Wildman–Crippen LogP) is 2.53. The van der Waals surface area contributed by atoms with E-state index in [4.69, 9.17) is 4.52 Å². The van der Waals surface area contributed by atoms with Crippen LogP contribution in [0.25, 0.3) is 0 Å². The number of halogens is 3. The molecule has 0 aliphatic rings. The second-order valence-electron chi connectivity index (χ2n) is 4.97. The van der Waals surface area contributed by atoms with Crippen molar-refractivity contribution in [2.45, 2.75) is 31.5 Å². The molecule has 0 saturated heterocycles. The van der Waals surface area contributed by atoms with Gasteiger partial charge in [0.2, 0.25) is 15.9 Å². The van der Waals surface area contributed by atoms with Crippen LogP contribution in [0.2, 0.25) is 0 Å². The molecule has 0 spiro atoms. The molecule has 126 valence electrons. The predicted molar refractivity (Wildman–Crippen MR) is 73.9 cm³/mol. The van der Waals surface area contributed by atoms with Gasteiger partial charge in [0.15, 0.2) is 5.82 Å². The summed E-state index contributed by atoms with van der Waals surface area (Å²) in [4.78, 5) is 3.42. The van der Waals surface area contributed by atoms with Crippen LogP contribution in [0.4, 0.5) is 13.2 Å². The van der Waals surface area contributed by atoms with Gasteiger partial charge in [-0.1, -0.05) is 11.2 Å². The van der Waals surface area contributed by atoms with Crippen molar-refractivity contribution in [3.8, 4) is 0 Å². The summed E-state index contributed by atoms with van der Waals surface area (Å²) in [7, 11) is -2.89. The molecule has 0 atom stereocenters. The largest absolute Gasteiger partial charge is 0.416 e. The summed E-state index contributed by atoms with van der Waals surface area (Å²) in [6, 6.07) is 2.89. The first-order valence-corrected chi connectivity index (χ1v) is 7.89. The highest BCUT2D eigenvalue weighted by Crippen LogP contribution is 2.33. The summed E-state index contributed by atoms with van der Waals surface area (Å²) < 4.78 is 69.2. The lowest BCUT2D eigenvalue weighted by molar-refractivity contribution is -0.138. The number of sulfonamides is 1. The van der Waals surface area contributed by atoms with Gasteiger partial charge in [0.1, 0.15) is 0 Å². The zero-order valence-electron chi connectivity index (χ0n) is 12.5. The van der Waals surface area contributed by atoms with Crippen LogP contribution in [0.1, 0.15) is 22.8 Å². The lowest BCUT2D eigenvalue weighted by Crippen LogP contribution is -2.27. The number of benzene rings is 1. The maximum atomic E-state index is 12.9. The number of rotatable bonds is 4. The summed E-state index contributed by atoms with van der Waals surface area (Å²) in [5, 5.41) is 3.56. The van der Waals surface area contributed by atoms with E-state index in [1.54, 1.807) is 6.92 Å². The number of aromatic nitrogens is 2. The van der Waals surface area contributed by atoms with E-state index in [0.29, 0.717) is 6.07 Å². The molecule has 0 N–H and O–H groups in total. The summed E-state index contributed by atoms with van der Waals surface area (Å²) >= 11 is 0. The SMILES string of the molecule is Cc1nc(CN(C)S(=O)(=O)c2ccc(C)c(C(F)(F)F)c2)no1. The average molecular weight is 349 g/mol. The van der Waals surface area contributed by atoms with Crippen LogP contribution in [0, 0.1) is 13.8 Å². The number of hydrogen-bond acceptors (Lipinski definition) is 5. The fourth-order valence-corrected chi connectivity index (χ4v) is 3.09.